The highest BCUT2D eigenvalue weighted by Crippen LogP contribution is 2.15. The van der Waals surface area contributed by atoms with E-state index < -0.39 is 0 Å². The van der Waals surface area contributed by atoms with Crippen LogP contribution in [0.25, 0.3) is 0 Å². The summed E-state index contributed by atoms with van der Waals surface area (Å²) in [4.78, 5) is 1.31. The van der Waals surface area contributed by atoms with Crippen LogP contribution in [-0.2, 0) is 6.54 Å². The van der Waals surface area contributed by atoms with Crippen molar-refractivity contribution in [2.45, 2.75) is 11.4 Å². The second kappa shape index (κ2) is 6.35. The minimum atomic E-state index is 0.745. The third-order valence-electron chi connectivity index (χ3n) is 2.08. The summed E-state index contributed by atoms with van der Waals surface area (Å²) in [5.41, 5.74) is 0. The number of aromatic nitrogens is 1. The number of hydrogen-bond acceptors (Lipinski definition) is 4. The minimum absolute atomic E-state index is 0.745. The van der Waals surface area contributed by atoms with Gasteiger partial charge in [-0.3, -0.25) is 0 Å². The van der Waals surface area contributed by atoms with Gasteiger partial charge in [-0.05, 0) is 12.1 Å². The van der Waals surface area contributed by atoms with Crippen LogP contribution < -0.4 is 5.32 Å². The molecule has 16 heavy (non-hydrogen) atoms. The van der Waals surface area contributed by atoms with Crippen molar-refractivity contribution in [2.75, 3.05) is 12.3 Å². The first-order chi connectivity index (χ1) is 7.95. The Morgan fingerprint density at radius 2 is 2.06 bits per heavy atom. The van der Waals surface area contributed by atoms with Crippen molar-refractivity contribution in [3.63, 3.8) is 0 Å². The van der Waals surface area contributed by atoms with Crippen molar-refractivity contribution in [2.24, 2.45) is 0 Å². The normalized spacial score (nSPS) is 10.5. The van der Waals surface area contributed by atoms with Crippen molar-refractivity contribution >= 4 is 11.8 Å². The molecule has 0 bridgehead atoms. The molecule has 0 amide bonds. The molecule has 1 aromatic heterocycles. The van der Waals surface area contributed by atoms with E-state index in [4.69, 9.17) is 4.52 Å². The molecule has 0 aliphatic heterocycles. The lowest BCUT2D eigenvalue weighted by molar-refractivity contribution is 0.374. The number of thioether (sulfide) groups is 1. The van der Waals surface area contributed by atoms with E-state index in [-0.39, 0.29) is 0 Å². The van der Waals surface area contributed by atoms with Crippen molar-refractivity contribution in [3.8, 4) is 0 Å². The first-order valence-corrected chi connectivity index (χ1v) is 6.22. The number of rotatable bonds is 6. The molecule has 0 radical (unpaired) electrons. The van der Waals surface area contributed by atoms with E-state index in [1.807, 2.05) is 23.9 Å². The molecule has 0 aliphatic rings. The first kappa shape index (κ1) is 11.2. The molecule has 2 rings (SSSR count). The molecule has 0 fully saturated rings. The molecule has 0 saturated heterocycles. The Kier molecular flexibility index (Phi) is 4.46. The Morgan fingerprint density at radius 1 is 1.19 bits per heavy atom. The van der Waals surface area contributed by atoms with E-state index in [0.717, 1.165) is 24.6 Å². The lowest BCUT2D eigenvalue weighted by Gasteiger charge is -2.02. The standard InChI is InChI=1S/C12H14N2OS/c1-2-4-12(5-3-1)16-9-8-13-10-11-6-7-14-15-11/h1-7,13H,8-10H2. The van der Waals surface area contributed by atoms with Crippen molar-refractivity contribution in [3.05, 3.63) is 48.4 Å². The number of nitrogens with zero attached hydrogens (tertiary/aromatic N) is 1. The van der Waals surface area contributed by atoms with Gasteiger partial charge in [0.25, 0.3) is 0 Å². The molecule has 1 N–H and O–H groups in total. The predicted molar refractivity (Wildman–Crippen MR) is 65.4 cm³/mol. The lowest BCUT2D eigenvalue weighted by Crippen LogP contribution is -2.15. The average Bonchev–Trinajstić information content (AvgIpc) is 2.83. The molecular formula is C12H14N2OS. The molecule has 0 aliphatic carbocycles. The smallest absolute Gasteiger partial charge is 0.150 e. The summed E-state index contributed by atoms with van der Waals surface area (Å²) < 4.78 is 4.98. The lowest BCUT2D eigenvalue weighted by atomic mass is 10.4. The maximum atomic E-state index is 4.98. The van der Waals surface area contributed by atoms with Crippen LogP contribution >= 0.6 is 11.8 Å². The molecular weight excluding hydrogens is 220 g/mol. The average molecular weight is 234 g/mol. The molecule has 0 atom stereocenters. The van der Waals surface area contributed by atoms with Crippen molar-refractivity contribution in [1.82, 2.24) is 10.5 Å². The quantitative estimate of drug-likeness (QED) is 0.616. The van der Waals surface area contributed by atoms with Crippen LogP contribution in [0.1, 0.15) is 5.76 Å². The Labute approximate surface area is 99.2 Å². The van der Waals surface area contributed by atoms with Gasteiger partial charge in [0, 0.05) is 23.3 Å². The van der Waals surface area contributed by atoms with Gasteiger partial charge in [-0.2, -0.15) is 0 Å². The van der Waals surface area contributed by atoms with Crippen molar-refractivity contribution < 1.29 is 4.52 Å². The summed E-state index contributed by atoms with van der Waals surface area (Å²) in [5, 5.41) is 6.95. The van der Waals surface area contributed by atoms with Gasteiger partial charge in [0.15, 0.2) is 0 Å². The predicted octanol–water partition coefficient (Wildman–Crippen LogP) is 2.56. The maximum Gasteiger partial charge on any atom is 0.150 e. The van der Waals surface area contributed by atoms with Crippen LogP contribution in [0.5, 0.6) is 0 Å². The van der Waals surface area contributed by atoms with E-state index in [1.54, 1.807) is 6.20 Å². The molecule has 4 heteroatoms. The van der Waals surface area contributed by atoms with E-state index in [2.05, 4.69) is 34.7 Å². The van der Waals surface area contributed by atoms with Crippen LogP contribution in [-0.4, -0.2) is 17.5 Å². The first-order valence-electron chi connectivity index (χ1n) is 5.23. The van der Waals surface area contributed by atoms with Crippen molar-refractivity contribution in [1.29, 1.82) is 0 Å². The van der Waals surface area contributed by atoms with E-state index in [0.29, 0.717) is 0 Å². The topological polar surface area (TPSA) is 38.1 Å². The third-order valence-corrected chi connectivity index (χ3v) is 3.09. The summed E-state index contributed by atoms with van der Waals surface area (Å²) >= 11 is 1.85. The highest BCUT2D eigenvalue weighted by molar-refractivity contribution is 7.99. The fraction of sp³-hybridized carbons (Fsp3) is 0.250. The largest absolute Gasteiger partial charge is 0.360 e. The molecule has 1 aromatic carbocycles. The van der Waals surface area contributed by atoms with E-state index in [9.17, 15) is 0 Å². The molecule has 84 valence electrons. The van der Waals surface area contributed by atoms with Gasteiger partial charge in [0.2, 0.25) is 0 Å². The third kappa shape index (κ3) is 3.72. The highest BCUT2D eigenvalue weighted by atomic mass is 32.2. The molecule has 2 aromatic rings. The zero-order chi connectivity index (χ0) is 11.1. The molecule has 1 heterocycles. The van der Waals surface area contributed by atoms with E-state index in [1.165, 1.54) is 4.90 Å². The second-order valence-electron chi connectivity index (χ2n) is 3.32. The molecule has 0 spiro atoms. The van der Waals surface area contributed by atoms with Crippen LogP contribution in [0, 0.1) is 0 Å². The Hall–Kier alpha value is -1.26. The molecule has 0 unspecified atom stereocenters. The summed E-state index contributed by atoms with van der Waals surface area (Å²) in [6.07, 6.45) is 1.66. The number of nitrogens with one attached hydrogen (secondary N) is 1. The van der Waals surface area contributed by atoms with Gasteiger partial charge in [-0.15, -0.1) is 11.8 Å². The SMILES string of the molecule is c1ccc(SCCNCc2ccno2)cc1. The molecule has 0 saturated carbocycles. The fourth-order valence-corrected chi connectivity index (χ4v) is 2.13. The maximum absolute atomic E-state index is 4.98. The van der Waals surface area contributed by atoms with Crippen LogP contribution in [0.2, 0.25) is 0 Å². The zero-order valence-electron chi connectivity index (χ0n) is 8.93. The Morgan fingerprint density at radius 3 is 2.81 bits per heavy atom. The summed E-state index contributed by atoms with van der Waals surface area (Å²) in [6.45, 7) is 1.70. The highest BCUT2D eigenvalue weighted by Gasteiger charge is 1.96. The number of benzene rings is 1. The minimum Gasteiger partial charge on any atom is -0.360 e. The van der Waals surface area contributed by atoms with Crippen LogP contribution in [0.3, 0.4) is 0 Å². The monoisotopic (exact) mass is 234 g/mol. The Balaban J connectivity index is 1.59. The number of hydrogen-bond donors (Lipinski definition) is 1. The van der Waals surface area contributed by atoms with Gasteiger partial charge in [0.1, 0.15) is 5.76 Å². The fourth-order valence-electron chi connectivity index (χ4n) is 1.30. The van der Waals surface area contributed by atoms with Crippen LogP contribution in [0.4, 0.5) is 0 Å². The van der Waals surface area contributed by atoms with Crippen LogP contribution in [0.15, 0.2) is 52.0 Å². The van der Waals surface area contributed by atoms with Gasteiger partial charge < -0.3 is 9.84 Å². The summed E-state index contributed by atoms with van der Waals surface area (Å²) in [7, 11) is 0. The van der Waals surface area contributed by atoms with Gasteiger partial charge in [-0.1, -0.05) is 23.4 Å². The van der Waals surface area contributed by atoms with E-state index >= 15 is 0 Å². The summed E-state index contributed by atoms with van der Waals surface area (Å²) in [5.74, 6) is 1.93. The van der Waals surface area contributed by atoms with Gasteiger partial charge in [0.05, 0.1) is 12.7 Å². The van der Waals surface area contributed by atoms with Gasteiger partial charge in [-0.25, -0.2) is 0 Å². The molecule has 3 nitrogen and oxygen atoms in total. The van der Waals surface area contributed by atoms with Gasteiger partial charge >= 0.3 is 0 Å². The summed E-state index contributed by atoms with van der Waals surface area (Å²) in [6, 6.07) is 12.3. The Bertz CT molecular complexity index is 389. The second-order valence-corrected chi connectivity index (χ2v) is 4.49. The zero-order valence-corrected chi connectivity index (χ0v) is 9.74.